The van der Waals surface area contributed by atoms with E-state index in [4.69, 9.17) is 11.6 Å². The molecular weight excluding hydrogens is 333 g/mol. The number of carbonyl (C=O) groups is 1. The Kier molecular flexibility index (Phi) is 4.22. The topological polar surface area (TPSA) is 29.1 Å². The first-order valence-corrected chi connectivity index (χ1v) is 6.67. The van der Waals surface area contributed by atoms with Crippen molar-refractivity contribution in [1.29, 1.82) is 0 Å². The van der Waals surface area contributed by atoms with Crippen molar-refractivity contribution in [2.24, 2.45) is 0 Å². The maximum absolute atomic E-state index is 13.6. The molecule has 0 aromatic heterocycles. The summed E-state index contributed by atoms with van der Waals surface area (Å²) >= 11 is 9.18. The van der Waals surface area contributed by atoms with Crippen LogP contribution in [0.25, 0.3) is 0 Å². The van der Waals surface area contributed by atoms with Crippen molar-refractivity contribution in [2.45, 2.75) is 6.92 Å². The van der Waals surface area contributed by atoms with E-state index in [1.807, 2.05) is 13.0 Å². The maximum atomic E-state index is 13.6. The molecular formula is C14H10BrClFNO. The van der Waals surface area contributed by atoms with E-state index in [1.165, 1.54) is 18.2 Å². The van der Waals surface area contributed by atoms with E-state index in [0.29, 0.717) is 15.2 Å². The molecule has 0 atom stereocenters. The number of amides is 1. The summed E-state index contributed by atoms with van der Waals surface area (Å²) in [6.07, 6.45) is 0. The second kappa shape index (κ2) is 5.72. The molecule has 0 aliphatic rings. The first kappa shape index (κ1) is 14.0. The van der Waals surface area contributed by atoms with Crippen molar-refractivity contribution in [3.8, 4) is 0 Å². The Morgan fingerprint density at radius 2 is 2.00 bits per heavy atom. The van der Waals surface area contributed by atoms with E-state index in [2.05, 4.69) is 21.2 Å². The molecule has 2 aromatic rings. The standard InChI is InChI=1S/C14H10BrClFNO/c1-8-2-4-11(16)13(6-8)18-14(19)10-7-9(15)3-5-12(10)17/h2-7H,1H3,(H,18,19). The summed E-state index contributed by atoms with van der Waals surface area (Å²) in [7, 11) is 0. The minimum atomic E-state index is -0.579. The van der Waals surface area contributed by atoms with Gasteiger partial charge in [0.2, 0.25) is 0 Å². The van der Waals surface area contributed by atoms with Crippen molar-refractivity contribution in [3.05, 3.63) is 62.8 Å². The molecule has 0 fully saturated rings. The molecule has 2 nitrogen and oxygen atoms in total. The lowest BCUT2D eigenvalue weighted by Crippen LogP contribution is -2.14. The van der Waals surface area contributed by atoms with Gasteiger partial charge in [-0.3, -0.25) is 4.79 Å². The van der Waals surface area contributed by atoms with E-state index < -0.39 is 11.7 Å². The van der Waals surface area contributed by atoms with E-state index in [9.17, 15) is 9.18 Å². The fourth-order valence-electron chi connectivity index (χ4n) is 1.60. The number of hydrogen-bond donors (Lipinski definition) is 1. The minimum Gasteiger partial charge on any atom is -0.321 e. The lowest BCUT2D eigenvalue weighted by atomic mass is 10.1. The van der Waals surface area contributed by atoms with Gasteiger partial charge in [-0.2, -0.15) is 0 Å². The van der Waals surface area contributed by atoms with Gasteiger partial charge in [-0.15, -0.1) is 0 Å². The molecule has 1 N–H and O–H groups in total. The van der Waals surface area contributed by atoms with Crippen LogP contribution in [0.5, 0.6) is 0 Å². The predicted octanol–water partition coefficient (Wildman–Crippen LogP) is 4.80. The number of rotatable bonds is 2. The van der Waals surface area contributed by atoms with E-state index >= 15 is 0 Å². The highest BCUT2D eigenvalue weighted by Crippen LogP contribution is 2.24. The average molecular weight is 343 g/mol. The molecule has 1 amide bonds. The summed E-state index contributed by atoms with van der Waals surface area (Å²) in [4.78, 5) is 12.0. The summed E-state index contributed by atoms with van der Waals surface area (Å²) in [5.74, 6) is -1.12. The van der Waals surface area contributed by atoms with Crippen LogP contribution >= 0.6 is 27.5 Å². The molecule has 0 aliphatic heterocycles. The summed E-state index contributed by atoms with van der Waals surface area (Å²) in [6, 6.07) is 9.44. The molecule has 0 saturated heterocycles. The van der Waals surface area contributed by atoms with Gasteiger partial charge in [0.05, 0.1) is 16.3 Å². The molecule has 5 heteroatoms. The molecule has 2 rings (SSSR count). The Morgan fingerprint density at radius 1 is 1.26 bits per heavy atom. The highest BCUT2D eigenvalue weighted by Gasteiger charge is 2.13. The third-order valence-electron chi connectivity index (χ3n) is 2.54. The van der Waals surface area contributed by atoms with Gasteiger partial charge < -0.3 is 5.32 Å². The second-order valence-electron chi connectivity index (χ2n) is 4.06. The predicted molar refractivity (Wildman–Crippen MR) is 78.2 cm³/mol. The van der Waals surface area contributed by atoms with Gasteiger partial charge in [0, 0.05) is 4.47 Å². The summed E-state index contributed by atoms with van der Waals surface area (Å²) in [5, 5.41) is 3.02. The Bertz CT molecular complexity index is 645. The van der Waals surface area contributed by atoms with Crippen LogP contribution in [0, 0.1) is 12.7 Å². The van der Waals surface area contributed by atoms with Crippen LogP contribution in [-0.4, -0.2) is 5.91 Å². The number of nitrogens with one attached hydrogen (secondary N) is 1. The van der Waals surface area contributed by atoms with Crippen molar-refractivity contribution in [3.63, 3.8) is 0 Å². The fourth-order valence-corrected chi connectivity index (χ4v) is 2.12. The van der Waals surface area contributed by atoms with Gasteiger partial charge in [-0.1, -0.05) is 33.6 Å². The molecule has 0 radical (unpaired) electrons. The van der Waals surface area contributed by atoms with Crippen molar-refractivity contribution in [1.82, 2.24) is 0 Å². The zero-order valence-electron chi connectivity index (χ0n) is 10.0. The Labute approximate surface area is 123 Å². The molecule has 2 aromatic carbocycles. The highest BCUT2D eigenvalue weighted by molar-refractivity contribution is 9.10. The van der Waals surface area contributed by atoms with E-state index in [0.717, 1.165) is 5.56 Å². The van der Waals surface area contributed by atoms with Crippen LogP contribution in [0.2, 0.25) is 5.02 Å². The lowest BCUT2D eigenvalue weighted by Gasteiger charge is -2.09. The van der Waals surface area contributed by atoms with Gasteiger partial charge in [0.15, 0.2) is 0 Å². The largest absolute Gasteiger partial charge is 0.321 e. The average Bonchev–Trinajstić information content (AvgIpc) is 2.36. The Balaban J connectivity index is 2.30. The number of carbonyl (C=O) groups excluding carboxylic acids is 1. The Hall–Kier alpha value is -1.39. The third kappa shape index (κ3) is 3.33. The van der Waals surface area contributed by atoms with Crippen molar-refractivity contribution >= 4 is 39.1 Å². The summed E-state index contributed by atoms with van der Waals surface area (Å²) in [5.41, 5.74) is 1.38. The first-order chi connectivity index (χ1) is 8.97. The van der Waals surface area contributed by atoms with E-state index in [1.54, 1.807) is 12.1 Å². The van der Waals surface area contributed by atoms with Crippen molar-refractivity contribution < 1.29 is 9.18 Å². The van der Waals surface area contributed by atoms with E-state index in [-0.39, 0.29) is 5.56 Å². The number of anilines is 1. The van der Waals surface area contributed by atoms with Gasteiger partial charge in [-0.05, 0) is 42.8 Å². The molecule has 0 bridgehead atoms. The fraction of sp³-hybridized carbons (Fsp3) is 0.0714. The molecule has 98 valence electrons. The van der Waals surface area contributed by atoms with Crippen LogP contribution in [0.4, 0.5) is 10.1 Å². The van der Waals surface area contributed by atoms with Gasteiger partial charge in [0.1, 0.15) is 5.82 Å². The van der Waals surface area contributed by atoms with Crippen LogP contribution < -0.4 is 5.32 Å². The summed E-state index contributed by atoms with van der Waals surface area (Å²) < 4.78 is 14.2. The molecule has 0 unspecified atom stereocenters. The third-order valence-corrected chi connectivity index (χ3v) is 3.37. The number of hydrogen-bond acceptors (Lipinski definition) is 1. The van der Waals surface area contributed by atoms with Crippen LogP contribution in [0.15, 0.2) is 40.9 Å². The second-order valence-corrected chi connectivity index (χ2v) is 5.38. The number of aryl methyl sites for hydroxylation is 1. The number of halogens is 3. The molecule has 0 saturated carbocycles. The molecule has 19 heavy (non-hydrogen) atoms. The normalized spacial score (nSPS) is 10.3. The molecule has 0 heterocycles. The maximum Gasteiger partial charge on any atom is 0.258 e. The SMILES string of the molecule is Cc1ccc(Cl)c(NC(=O)c2cc(Br)ccc2F)c1. The van der Waals surface area contributed by atoms with Crippen LogP contribution in [0.3, 0.4) is 0 Å². The minimum absolute atomic E-state index is 0.0352. The molecule has 0 aliphatic carbocycles. The zero-order valence-corrected chi connectivity index (χ0v) is 12.3. The smallest absolute Gasteiger partial charge is 0.258 e. The first-order valence-electron chi connectivity index (χ1n) is 5.50. The Morgan fingerprint density at radius 3 is 2.74 bits per heavy atom. The van der Waals surface area contributed by atoms with Gasteiger partial charge >= 0.3 is 0 Å². The zero-order chi connectivity index (χ0) is 14.0. The number of benzene rings is 2. The van der Waals surface area contributed by atoms with Gasteiger partial charge in [0.25, 0.3) is 5.91 Å². The van der Waals surface area contributed by atoms with Crippen molar-refractivity contribution in [2.75, 3.05) is 5.32 Å². The van der Waals surface area contributed by atoms with Gasteiger partial charge in [-0.25, -0.2) is 4.39 Å². The quantitative estimate of drug-likeness (QED) is 0.834. The monoisotopic (exact) mass is 341 g/mol. The molecule has 0 spiro atoms. The van der Waals surface area contributed by atoms with Crippen LogP contribution in [0.1, 0.15) is 15.9 Å². The lowest BCUT2D eigenvalue weighted by molar-refractivity contribution is 0.102. The summed E-state index contributed by atoms with van der Waals surface area (Å²) in [6.45, 7) is 1.88. The van der Waals surface area contributed by atoms with Crippen LogP contribution in [-0.2, 0) is 0 Å². The highest BCUT2D eigenvalue weighted by atomic mass is 79.9.